The lowest BCUT2D eigenvalue weighted by atomic mass is 10.2. The van der Waals surface area contributed by atoms with Crippen LogP contribution >= 0.6 is 27.7 Å². The van der Waals surface area contributed by atoms with Crippen molar-refractivity contribution in [1.82, 2.24) is 25.2 Å². The summed E-state index contributed by atoms with van der Waals surface area (Å²) in [5.41, 5.74) is 5.20. The molecule has 2 heterocycles. The van der Waals surface area contributed by atoms with E-state index in [1.807, 2.05) is 71.3 Å². The van der Waals surface area contributed by atoms with E-state index in [1.54, 1.807) is 25.6 Å². The number of benzene rings is 2. The predicted molar refractivity (Wildman–Crippen MR) is 142 cm³/mol. The first-order chi connectivity index (χ1) is 17.2. The first kappa shape index (κ1) is 24.4. The molecule has 0 radical (unpaired) electrons. The number of hydrogen-bond acceptors (Lipinski definition) is 7. The Morgan fingerprint density at radius 3 is 2.66 bits per heavy atom. The standard InChI is InChI=1S/C25H21BrN6O2S/c1-34-22-7-3-2-5-18(22)6-4-14-28-29-23(33)17-35-25-31-30-24(19-12-15-27-16-13-19)32(25)21-10-8-20(26)9-11-21/h2-16H,17H2,1H3,(H,29,33)/b6-4+,28-14+. The highest BCUT2D eigenvalue weighted by atomic mass is 79.9. The molecule has 0 saturated carbocycles. The molecule has 10 heteroatoms. The third-order valence-electron chi connectivity index (χ3n) is 4.75. The Labute approximate surface area is 215 Å². The van der Waals surface area contributed by atoms with Gasteiger partial charge >= 0.3 is 0 Å². The molecule has 4 rings (SSSR count). The average Bonchev–Trinajstić information content (AvgIpc) is 3.32. The molecule has 0 aliphatic rings. The van der Waals surface area contributed by atoms with Gasteiger partial charge in [0.1, 0.15) is 5.75 Å². The van der Waals surface area contributed by atoms with Gasteiger partial charge in [-0.2, -0.15) is 5.10 Å². The summed E-state index contributed by atoms with van der Waals surface area (Å²) in [6.07, 6.45) is 8.51. The minimum absolute atomic E-state index is 0.124. The maximum Gasteiger partial charge on any atom is 0.250 e. The highest BCUT2D eigenvalue weighted by molar-refractivity contribution is 9.10. The smallest absolute Gasteiger partial charge is 0.250 e. The summed E-state index contributed by atoms with van der Waals surface area (Å²) < 4.78 is 8.18. The van der Waals surface area contributed by atoms with E-state index in [4.69, 9.17) is 4.74 Å². The second-order valence-electron chi connectivity index (χ2n) is 7.06. The molecular weight excluding hydrogens is 528 g/mol. The van der Waals surface area contributed by atoms with Crippen LogP contribution in [0.1, 0.15) is 5.56 Å². The second-order valence-corrected chi connectivity index (χ2v) is 8.91. The molecule has 0 atom stereocenters. The predicted octanol–water partition coefficient (Wildman–Crippen LogP) is 5.01. The molecule has 0 fully saturated rings. The van der Waals surface area contributed by atoms with Crippen molar-refractivity contribution in [3.05, 3.63) is 89.2 Å². The lowest BCUT2D eigenvalue weighted by Crippen LogP contribution is -2.19. The van der Waals surface area contributed by atoms with Crippen LogP contribution in [0.2, 0.25) is 0 Å². The third kappa shape index (κ3) is 6.43. The molecule has 1 N–H and O–H groups in total. The number of hydrogen-bond donors (Lipinski definition) is 1. The maximum atomic E-state index is 12.4. The number of carbonyl (C=O) groups is 1. The number of rotatable bonds is 9. The number of halogens is 1. The van der Waals surface area contributed by atoms with Crippen molar-refractivity contribution < 1.29 is 9.53 Å². The van der Waals surface area contributed by atoms with Gasteiger partial charge in [-0.25, -0.2) is 5.43 Å². The summed E-state index contributed by atoms with van der Waals surface area (Å²) >= 11 is 4.74. The number of carbonyl (C=O) groups excluding carboxylic acids is 1. The largest absolute Gasteiger partial charge is 0.496 e. The Morgan fingerprint density at radius 1 is 1.11 bits per heavy atom. The molecule has 0 bridgehead atoms. The van der Waals surface area contributed by atoms with Gasteiger partial charge in [-0.1, -0.05) is 45.9 Å². The summed E-state index contributed by atoms with van der Waals surface area (Å²) in [4.78, 5) is 16.4. The Hall–Kier alpha value is -3.76. The number of thioether (sulfide) groups is 1. The molecular formula is C25H21BrN6O2S. The SMILES string of the molecule is COc1ccccc1/C=C/C=N/NC(=O)CSc1nnc(-c2ccncc2)n1-c1ccc(Br)cc1. The summed E-state index contributed by atoms with van der Waals surface area (Å²) in [5.74, 6) is 1.29. The zero-order valence-corrected chi connectivity index (χ0v) is 21.1. The molecule has 8 nitrogen and oxygen atoms in total. The minimum atomic E-state index is -0.257. The summed E-state index contributed by atoms with van der Waals surface area (Å²) in [6.45, 7) is 0. The number of methoxy groups -OCH3 is 1. The van der Waals surface area contributed by atoms with E-state index >= 15 is 0 Å². The molecule has 0 saturated heterocycles. The fourth-order valence-electron chi connectivity index (χ4n) is 3.14. The number of hydrazone groups is 1. The number of aromatic nitrogens is 4. The van der Waals surface area contributed by atoms with Crippen LogP contribution in [0.3, 0.4) is 0 Å². The number of nitrogens with one attached hydrogen (secondary N) is 1. The van der Waals surface area contributed by atoms with Crippen LogP contribution in [0.4, 0.5) is 0 Å². The number of allylic oxidation sites excluding steroid dienone is 1. The van der Waals surface area contributed by atoms with Crippen molar-refractivity contribution in [3.63, 3.8) is 0 Å². The van der Waals surface area contributed by atoms with Gasteiger partial charge in [0, 0.05) is 39.9 Å². The second kappa shape index (κ2) is 12.1. The molecule has 0 aliphatic carbocycles. The Balaban J connectivity index is 1.42. The van der Waals surface area contributed by atoms with Crippen molar-refractivity contribution >= 4 is 45.9 Å². The van der Waals surface area contributed by atoms with Crippen molar-refractivity contribution in [2.24, 2.45) is 5.10 Å². The van der Waals surface area contributed by atoms with Crippen LogP contribution in [-0.2, 0) is 4.79 Å². The maximum absolute atomic E-state index is 12.4. The van der Waals surface area contributed by atoms with Crippen LogP contribution in [0, 0.1) is 0 Å². The molecule has 1 amide bonds. The van der Waals surface area contributed by atoms with Crippen LogP contribution in [0.25, 0.3) is 23.2 Å². The zero-order valence-electron chi connectivity index (χ0n) is 18.7. The van der Waals surface area contributed by atoms with Gasteiger partial charge in [-0.15, -0.1) is 10.2 Å². The van der Waals surface area contributed by atoms with E-state index in [0.717, 1.165) is 27.0 Å². The summed E-state index contributed by atoms with van der Waals surface area (Å²) in [7, 11) is 1.62. The van der Waals surface area contributed by atoms with Crippen molar-refractivity contribution in [3.8, 4) is 22.8 Å². The minimum Gasteiger partial charge on any atom is -0.496 e. The summed E-state index contributed by atoms with van der Waals surface area (Å²) in [5, 5.41) is 13.3. The lowest BCUT2D eigenvalue weighted by molar-refractivity contribution is -0.118. The van der Waals surface area contributed by atoms with Gasteiger partial charge < -0.3 is 4.74 Å². The first-order valence-corrected chi connectivity index (χ1v) is 12.3. The van der Waals surface area contributed by atoms with E-state index in [-0.39, 0.29) is 11.7 Å². The van der Waals surface area contributed by atoms with Gasteiger partial charge in [-0.05, 0) is 54.6 Å². The van der Waals surface area contributed by atoms with Crippen molar-refractivity contribution in [1.29, 1.82) is 0 Å². The van der Waals surface area contributed by atoms with Crippen LogP contribution in [-0.4, -0.2) is 44.7 Å². The number of amides is 1. The van der Waals surface area contributed by atoms with Gasteiger partial charge in [0.2, 0.25) is 0 Å². The average molecular weight is 549 g/mol. The monoisotopic (exact) mass is 548 g/mol. The van der Waals surface area contributed by atoms with Crippen LogP contribution in [0.15, 0.2) is 93.9 Å². The van der Waals surface area contributed by atoms with Crippen LogP contribution in [0.5, 0.6) is 5.75 Å². The third-order valence-corrected chi connectivity index (χ3v) is 6.21. The molecule has 0 unspecified atom stereocenters. The van der Waals surface area contributed by atoms with Gasteiger partial charge in [0.25, 0.3) is 5.91 Å². The molecule has 0 spiro atoms. The number of ether oxygens (including phenoxy) is 1. The van der Waals surface area contributed by atoms with E-state index in [2.05, 4.69) is 41.6 Å². The van der Waals surface area contributed by atoms with Gasteiger partial charge in [0.15, 0.2) is 11.0 Å². The Kier molecular flexibility index (Phi) is 8.42. The van der Waals surface area contributed by atoms with Crippen LogP contribution < -0.4 is 10.2 Å². The molecule has 0 aliphatic heterocycles. The highest BCUT2D eigenvalue weighted by Crippen LogP contribution is 2.28. The number of para-hydroxylation sites is 1. The molecule has 35 heavy (non-hydrogen) atoms. The molecule has 2 aromatic heterocycles. The topological polar surface area (TPSA) is 94.3 Å². The number of nitrogens with zero attached hydrogens (tertiary/aromatic N) is 5. The lowest BCUT2D eigenvalue weighted by Gasteiger charge is -2.10. The van der Waals surface area contributed by atoms with Gasteiger partial charge in [0.05, 0.1) is 12.9 Å². The molecule has 176 valence electrons. The fraction of sp³-hybridized carbons (Fsp3) is 0.0800. The summed E-state index contributed by atoms with van der Waals surface area (Å²) in [6, 6.07) is 19.2. The molecule has 4 aromatic rings. The highest BCUT2D eigenvalue weighted by Gasteiger charge is 2.17. The van der Waals surface area contributed by atoms with E-state index in [9.17, 15) is 4.79 Å². The van der Waals surface area contributed by atoms with E-state index < -0.39 is 0 Å². The van der Waals surface area contributed by atoms with E-state index in [0.29, 0.717) is 11.0 Å². The van der Waals surface area contributed by atoms with E-state index in [1.165, 1.54) is 18.0 Å². The first-order valence-electron chi connectivity index (χ1n) is 10.5. The number of pyridine rings is 1. The molecule has 2 aromatic carbocycles. The van der Waals surface area contributed by atoms with Crippen molar-refractivity contribution in [2.45, 2.75) is 5.16 Å². The normalized spacial score (nSPS) is 11.3. The quantitative estimate of drug-likeness (QED) is 0.179. The van der Waals surface area contributed by atoms with Crippen molar-refractivity contribution in [2.75, 3.05) is 12.9 Å². The van der Waals surface area contributed by atoms with Gasteiger partial charge in [-0.3, -0.25) is 14.3 Å². The fourth-order valence-corrected chi connectivity index (χ4v) is 4.15. The Bertz CT molecular complexity index is 1340. The zero-order chi connectivity index (χ0) is 24.5. The Morgan fingerprint density at radius 2 is 1.89 bits per heavy atom.